The number of primary amides is 1. The Kier molecular flexibility index (Phi) is 5.99. The van der Waals surface area contributed by atoms with E-state index in [0.717, 1.165) is 0 Å². The summed E-state index contributed by atoms with van der Waals surface area (Å²) in [6, 6.07) is 0. The molecule has 6 heteroatoms. The second-order valence-electron chi connectivity index (χ2n) is 5.28. The monoisotopic (exact) mass is 311 g/mol. The highest BCUT2D eigenvalue weighted by atomic mass is 79.9. The molecule has 0 heterocycles. The molecule has 16 heavy (non-hydrogen) atoms. The standard InChI is InChI=1S/C10H22BrNO3Si/c1-10(2,3)16(4,5)15-8(6-11)7-14-9(12)13/h8H,6-7H2,1-5H3,(H2,12,13)/t8-/m1/s1. The van der Waals surface area contributed by atoms with Crippen LogP contribution in [-0.2, 0) is 9.16 Å². The second kappa shape index (κ2) is 6.02. The van der Waals surface area contributed by atoms with Crippen LogP contribution in [0.3, 0.4) is 0 Å². The van der Waals surface area contributed by atoms with Gasteiger partial charge in [0.05, 0.1) is 6.10 Å². The van der Waals surface area contributed by atoms with Crippen molar-refractivity contribution in [1.29, 1.82) is 0 Å². The third kappa shape index (κ3) is 5.31. The predicted molar refractivity (Wildman–Crippen MR) is 71.4 cm³/mol. The minimum absolute atomic E-state index is 0.131. The first-order valence-electron chi connectivity index (χ1n) is 5.26. The van der Waals surface area contributed by atoms with Crippen molar-refractivity contribution >= 4 is 30.3 Å². The molecule has 0 radical (unpaired) electrons. The third-order valence-electron chi connectivity index (χ3n) is 2.85. The van der Waals surface area contributed by atoms with Crippen LogP contribution < -0.4 is 5.73 Å². The lowest BCUT2D eigenvalue weighted by Crippen LogP contribution is -2.45. The van der Waals surface area contributed by atoms with Crippen LogP contribution in [0.2, 0.25) is 18.1 Å². The molecule has 0 aromatic rings. The fourth-order valence-corrected chi connectivity index (χ4v) is 2.78. The number of rotatable bonds is 5. The Morgan fingerprint density at radius 2 is 1.94 bits per heavy atom. The largest absolute Gasteiger partial charge is 0.447 e. The van der Waals surface area contributed by atoms with Gasteiger partial charge in [-0.1, -0.05) is 36.7 Å². The van der Waals surface area contributed by atoms with E-state index in [-0.39, 0.29) is 17.7 Å². The summed E-state index contributed by atoms with van der Waals surface area (Å²) in [4.78, 5) is 10.5. The zero-order valence-corrected chi connectivity index (χ0v) is 13.3. The van der Waals surface area contributed by atoms with Crippen LogP contribution in [0.5, 0.6) is 0 Å². The lowest BCUT2D eigenvalue weighted by atomic mass is 10.2. The molecular formula is C10H22BrNO3Si. The highest BCUT2D eigenvalue weighted by Gasteiger charge is 2.39. The lowest BCUT2D eigenvalue weighted by molar-refractivity contribution is 0.0915. The number of alkyl halides is 1. The van der Waals surface area contributed by atoms with Gasteiger partial charge in [0, 0.05) is 5.33 Å². The number of amides is 1. The van der Waals surface area contributed by atoms with Crippen LogP contribution in [0.4, 0.5) is 4.79 Å². The van der Waals surface area contributed by atoms with Crippen molar-refractivity contribution in [3.63, 3.8) is 0 Å². The molecule has 0 bridgehead atoms. The van der Waals surface area contributed by atoms with Gasteiger partial charge < -0.3 is 14.9 Å². The molecule has 0 fully saturated rings. The van der Waals surface area contributed by atoms with E-state index >= 15 is 0 Å². The Hall–Kier alpha value is -0.0731. The second-order valence-corrected chi connectivity index (χ2v) is 10.7. The molecular weight excluding hydrogens is 290 g/mol. The van der Waals surface area contributed by atoms with E-state index in [2.05, 4.69) is 49.8 Å². The molecule has 0 aliphatic rings. The van der Waals surface area contributed by atoms with Gasteiger partial charge in [-0.25, -0.2) is 4.79 Å². The van der Waals surface area contributed by atoms with Gasteiger partial charge in [0.15, 0.2) is 8.32 Å². The first-order chi connectivity index (χ1) is 7.10. The van der Waals surface area contributed by atoms with Gasteiger partial charge in [0.2, 0.25) is 0 Å². The Labute approximate surface area is 107 Å². The SMILES string of the molecule is CC(C)(C)[Si](C)(C)O[C@H](CBr)COC(N)=O. The van der Waals surface area contributed by atoms with E-state index in [1.165, 1.54) is 0 Å². The van der Waals surface area contributed by atoms with Crippen LogP contribution in [0.1, 0.15) is 20.8 Å². The van der Waals surface area contributed by atoms with Gasteiger partial charge >= 0.3 is 6.09 Å². The van der Waals surface area contributed by atoms with Crippen LogP contribution >= 0.6 is 15.9 Å². The highest BCUT2D eigenvalue weighted by Crippen LogP contribution is 2.37. The summed E-state index contributed by atoms with van der Waals surface area (Å²) in [5, 5.41) is 0.771. The fourth-order valence-electron chi connectivity index (χ4n) is 0.879. The van der Waals surface area contributed by atoms with E-state index in [1.807, 2.05) is 0 Å². The van der Waals surface area contributed by atoms with Crippen LogP contribution in [-0.4, -0.2) is 32.5 Å². The average molecular weight is 312 g/mol. The van der Waals surface area contributed by atoms with E-state index < -0.39 is 14.4 Å². The Bertz CT molecular complexity index is 241. The molecule has 0 aromatic carbocycles. The summed E-state index contributed by atoms with van der Waals surface area (Å²) >= 11 is 3.35. The van der Waals surface area contributed by atoms with Crippen molar-refractivity contribution < 1.29 is 14.0 Å². The zero-order chi connectivity index (χ0) is 13.0. The highest BCUT2D eigenvalue weighted by molar-refractivity contribution is 9.09. The van der Waals surface area contributed by atoms with E-state index in [9.17, 15) is 4.79 Å². The zero-order valence-electron chi connectivity index (χ0n) is 10.7. The smallest absolute Gasteiger partial charge is 0.404 e. The lowest BCUT2D eigenvalue weighted by Gasteiger charge is -2.38. The fraction of sp³-hybridized carbons (Fsp3) is 0.900. The number of halogens is 1. The maximum absolute atomic E-state index is 10.5. The molecule has 1 atom stereocenters. The third-order valence-corrected chi connectivity index (χ3v) is 8.11. The summed E-state index contributed by atoms with van der Waals surface area (Å²) in [6.45, 7) is 11.0. The Morgan fingerprint density at radius 1 is 1.44 bits per heavy atom. The molecule has 0 unspecified atom stereocenters. The van der Waals surface area contributed by atoms with Crippen molar-refractivity contribution in [1.82, 2.24) is 0 Å². The van der Waals surface area contributed by atoms with E-state index in [1.54, 1.807) is 0 Å². The van der Waals surface area contributed by atoms with Crippen molar-refractivity contribution in [3.8, 4) is 0 Å². The maximum atomic E-state index is 10.5. The topological polar surface area (TPSA) is 61.6 Å². The van der Waals surface area contributed by atoms with Gasteiger partial charge in [-0.05, 0) is 18.1 Å². The molecule has 0 saturated heterocycles. The predicted octanol–water partition coefficient (Wildman–Crippen LogP) is 2.87. The number of carbonyl (C=O) groups excluding carboxylic acids is 1. The summed E-state index contributed by atoms with van der Waals surface area (Å²) in [6.07, 6.45) is -0.891. The van der Waals surface area contributed by atoms with Gasteiger partial charge in [-0.2, -0.15) is 0 Å². The van der Waals surface area contributed by atoms with Crippen LogP contribution in [0.25, 0.3) is 0 Å². The van der Waals surface area contributed by atoms with Gasteiger partial charge in [0.1, 0.15) is 6.61 Å². The molecule has 4 nitrogen and oxygen atoms in total. The van der Waals surface area contributed by atoms with Gasteiger partial charge in [-0.3, -0.25) is 0 Å². The van der Waals surface area contributed by atoms with Crippen LogP contribution in [0.15, 0.2) is 0 Å². The molecule has 2 N–H and O–H groups in total. The van der Waals surface area contributed by atoms with Crippen molar-refractivity contribution in [3.05, 3.63) is 0 Å². The average Bonchev–Trinajstić information content (AvgIpc) is 2.09. The van der Waals surface area contributed by atoms with Gasteiger partial charge in [-0.15, -0.1) is 0 Å². The van der Waals surface area contributed by atoms with Crippen molar-refractivity contribution in [2.45, 2.75) is 45.0 Å². The molecule has 96 valence electrons. The normalized spacial score (nSPS) is 14.6. The minimum Gasteiger partial charge on any atom is -0.447 e. The Morgan fingerprint density at radius 3 is 2.25 bits per heavy atom. The van der Waals surface area contributed by atoms with Gasteiger partial charge in [0.25, 0.3) is 0 Å². The van der Waals surface area contributed by atoms with E-state index in [4.69, 9.17) is 14.9 Å². The number of nitrogens with two attached hydrogens (primary N) is 1. The number of hydrogen-bond acceptors (Lipinski definition) is 3. The first kappa shape index (κ1) is 15.9. The quantitative estimate of drug-likeness (QED) is 0.627. The molecule has 0 rings (SSSR count). The maximum Gasteiger partial charge on any atom is 0.404 e. The summed E-state index contributed by atoms with van der Waals surface area (Å²) in [5.74, 6) is 0. The molecule has 0 saturated carbocycles. The minimum atomic E-state index is -1.82. The van der Waals surface area contributed by atoms with Crippen LogP contribution in [0, 0.1) is 0 Å². The number of hydrogen-bond donors (Lipinski definition) is 1. The number of ether oxygens (including phenoxy) is 1. The molecule has 1 amide bonds. The molecule has 0 aromatic heterocycles. The summed E-state index contributed by atoms with van der Waals surface area (Å²) in [7, 11) is -1.82. The Balaban J connectivity index is 4.36. The van der Waals surface area contributed by atoms with Crippen molar-refractivity contribution in [2.75, 3.05) is 11.9 Å². The molecule has 0 aliphatic heterocycles. The first-order valence-corrected chi connectivity index (χ1v) is 9.29. The summed E-state index contributed by atoms with van der Waals surface area (Å²) in [5.41, 5.74) is 4.92. The summed E-state index contributed by atoms with van der Waals surface area (Å²) < 4.78 is 10.8. The molecule has 0 spiro atoms. The van der Waals surface area contributed by atoms with Crippen molar-refractivity contribution in [2.24, 2.45) is 5.73 Å². The van der Waals surface area contributed by atoms with E-state index in [0.29, 0.717) is 5.33 Å². The number of carbonyl (C=O) groups is 1. The molecule has 0 aliphatic carbocycles.